The SMILES string of the molecule is Cc1cccc(C(=O)Cc2c(F)ccc(Br)c2F)c1Cl. The maximum Gasteiger partial charge on any atom is 0.168 e. The molecule has 0 spiro atoms. The molecule has 0 saturated heterocycles. The van der Waals surface area contributed by atoms with Crippen molar-refractivity contribution in [3.8, 4) is 0 Å². The van der Waals surface area contributed by atoms with E-state index in [-0.39, 0.29) is 22.0 Å². The maximum absolute atomic E-state index is 13.8. The van der Waals surface area contributed by atoms with E-state index in [0.29, 0.717) is 5.02 Å². The predicted octanol–water partition coefficient (Wildman–Crippen LogP) is 5.11. The van der Waals surface area contributed by atoms with Crippen molar-refractivity contribution in [1.82, 2.24) is 0 Å². The summed E-state index contributed by atoms with van der Waals surface area (Å²) < 4.78 is 27.6. The van der Waals surface area contributed by atoms with Gasteiger partial charge in [-0.3, -0.25) is 4.79 Å². The second-order valence-electron chi connectivity index (χ2n) is 4.36. The van der Waals surface area contributed by atoms with Gasteiger partial charge in [-0.25, -0.2) is 8.78 Å². The van der Waals surface area contributed by atoms with Crippen LogP contribution < -0.4 is 0 Å². The summed E-state index contributed by atoms with van der Waals surface area (Å²) in [6.07, 6.45) is -0.375. The van der Waals surface area contributed by atoms with Crippen LogP contribution in [0.4, 0.5) is 8.78 Å². The Morgan fingerprint density at radius 2 is 1.95 bits per heavy atom. The third kappa shape index (κ3) is 2.91. The Kier molecular flexibility index (Phi) is 4.55. The van der Waals surface area contributed by atoms with Gasteiger partial charge in [-0.2, -0.15) is 0 Å². The van der Waals surface area contributed by atoms with Crippen LogP contribution in [0.15, 0.2) is 34.8 Å². The van der Waals surface area contributed by atoms with Crippen molar-refractivity contribution < 1.29 is 13.6 Å². The van der Waals surface area contributed by atoms with E-state index in [1.54, 1.807) is 25.1 Å². The fourth-order valence-electron chi connectivity index (χ4n) is 1.85. The summed E-state index contributed by atoms with van der Waals surface area (Å²) in [5, 5.41) is 0.313. The van der Waals surface area contributed by atoms with Crippen LogP contribution in [0.1, 0.15) is 21.5 Å². The molecule has 0 N–H and O–H groups in total. The highest BCUT2D eigenvalue weighted by Crippen LogP contribution is 2.25. The molecule has 104 valence electrons. The molecule has 0 heterocycles. The first-order valence-electron chi connectivity index (χ1n) is 5.82. The first kappa shape index (κ1) is 15.1. The number of carbonyl (C=O) groups excluding carboxylic acids is 1. The molecule has 0 unspecified atom stereocenters. The van der Waals surface area contributed by atoms with Gasteiger partial charge in [-0.1, -0.05) is 23.7 Å². The van der Waals surface area contributed by atoms with Crippen molar-refractivity contribution in [1.29, 1.82) is 0 Å². The Morgan fingerprint density at radius 1 is 1.25 bits per heavy atom. The number of Topliss-reactive ketones (excluding diaryl/α,β-unsaturated/α-hetero) is 1. The summed E-state index contributed by atoms with van der Waals surface area (Å²) in [5.41, 5.74) is 0.750. The van der Waals surface area contributed by atoms with Gasteiger partial charge in [0.15, 0.2) is 5.78 Å². The van der Waals surface area contributed by atoms with E-state index in [2.05, 4.69) is 15.9 Å². The standard InChI is InChI=1S/C15H10BrClF2O/c1-8-3-2-4-9(14(8)17)13(20)7-10-12(18)6-5-11(16)15(10)19/h2-6H,7H2,1H3. The van der Waals surface area contributed by atoms with Gasteiger partial charge in [0, 0.05) is 17.5 Å². The van der Waals surface area contributed by atoms with E-state index < -0.39 is 17.4 Å². The molecule has 2 aromatic carbocycles. The molecule has 0 amide bonds. The molecule has 20 heavy (non-hydrogen) atoms. The Bertz CT molecular complexity index is 686. The van der Waals surface area contributed by atoms with E-state index >= 15 is 0 Å². The van der Waals surface area contributed by atoms with Gasteiger partial charge in [0.05, 0.1) is 9.50 Å². The van der Waals surface area contributed by atoms with Crippen molar-refractivity contribution in [3.05, 3.63) is 68.2 Å². The molecule has 0 aliphatic heterocycles. The van der Waals surface area contributed by atoms with Crippen LogP contribution in [0.5, 0.6) is 0 Å². The van der Waals surface area contributed by atoms with Gasteiger partial charge in [-0.05, 0) is 46.6 Å². The average molecular weight is 360 g/mol. The second kappa shape index (κ2) is 6.02. The summed E-state index contributed by atoms with van der Waals surface area (Å²) >= 11 is 9.02. The number of halogens is 4. The third-order valence-electron chi connectivity index (χ3n) is 2.97. The fourth-order valence-corrected chi connectivity index (χ4v) is 2.45. The molecule has 0 saturated carbocycles. The largest absolute Gasteiger partial charge is 0.294 e. The zero-order valence-electron chi connectivity index (χ0n) is 10.5. The Labute approximate surface area is 128 Å². The molecule has 0 aliphatic carbocycles. The molecule has 0 atom stereocenters. The first-order chi connectivity index (χ1) is 9.41. The minimum atomic E-state index is -0.762. The van der Waals surface area contributed by atoms with E-state index in [1.165, 1.54) is 6.07 Å². The maximum atomic E-state index is 13.8. The highest BCUT2D eigenvalue weighted by atomic mass is 79.9. The lowest BCUT2D eigenvalue weighted by atomic mass is 10.0. The lowest BCUT2D eigenvalue weighted by Gasteiger charge is -2.08. The molecule has 2 aromatic rings. The van der Waals surface area contributed by atoms with E-state index in [4.69, 9.17) is 11.6 Å². The second-order valence-corrected chi connectivity index (χ2v) is 5.59. The summed E-state index contributed by atoms with van der Waals surface area (Å²) in [4.78, 5) is 12.2. The lowest BCUT2D eigenvalue weighted by Crippen LogP contribution is -2.08. The summed E-state index contributed by atoms with van der Waals surface area (Å²) in [6, 6.07) is 7.37. The van der Waals surface area contributed by atoms with Crippen molar-refractivity contribution in [2.75, 3.05) is 0 Å². The zero-order chi connectivity index (χ0) is 14.9. The van der Waals surface area contributed by atoms with Crippen LogP contribution in [-0.2, 0) is 6.42 Å². The van der Waals surface area contributed by atoms with Gasteiger partial charge in [0.25, 0.3) is 0 Å². The minimum absolute atomic E-state index is 0.122. The molecule has 0 aliphatic rings. The van der Waals surface area contributed by atoms with Gasteiger partial charge in [0.2, 0.25) is 0 Å². The fraction of sp³-hybridized carbons (Fsp3) is 0.133. The molecular weight excluding hydrogens is 350 g/mol. The predicted molar refractivity (Wildman–Crippen MR) is 78.3 cm³/mol. The average Bonchev–Trinajstić information content (AvgIpc) is 2.42. The van der Waals surface area contributed by atoms with E-state index in [1.807, 2.05) is 0 Å². The molecule has 0 bridgehead atoms. The van der Waals surface area contributed by atoms with E-state index in [9.17, 15) is 13.6 Å². The van der Waals surface area contributed by atoms with Crippen LogP contribution in [0, 0.1) is 18.6 Å². The van der Waals surface area contributed by atoms with Gasteiger partial charge < -0.3 is 0 Å². The lowest BCUT2D eigenvalue weighted by molar-refractivity contribution is 0.0990. The Balaban J connectivity index is 2.38. The molecule has 0 fully saturated rings. The van der Waals surface area contributed by atoms with Crippen molar-refractivity contribution in [2.24, 2.45) is 0 Å². The van der Waals surface area contributed by atoms with Gasteiger partial charge >= 0.3 is 0 Å². The quantitative estimate of drug-likeness (QED) is 0.549. The molecule has 0 aromatic heterocycles. The van der Waals surface area contributed by atoms with Crippen LogP contribution >= 0.6 is 27.5 Å². The van der Waals surface area contributed by atoms with Crippen LogP contribution in [0.2, 0.25) is 5.02 Å². The molecule has 2 rings (SSSR count). The van der Waals surface area contributed by atoms with Crippen LogP contribution in [0.3, 0.4) is 0 Å². The normalized spacial score (nSPS) is 10.7. The molecule has 0 radical (unpaired) electrons. The van der Waals surface area contributed by atoms with Crippen LogP contribution in [-0.4, -0.2) is 5.78 Å². The van der Waals surface area contributed by atoms with Crippen molar-refractivity contribution >= 4 is 33.3 Å². The van der Waals surface area contributed by atoms with Gasteiger partial charge in [0.1, 0.15) is 11.6 Å². The smallest absolute Gasteiger partial charge is 0.168 e. The van der Waals surface area contributed by atoms with Gasteiger partial charge in [-0.15, -0.1) is 0 Å². The number of rotatable bonds is 3. The van der Waals surface area contributed by atoms with Crippen LogP contribution in [0.25, 0.3) is 0 Å². The molecule has 5 heteroatoms. The zero-order valence-corrected chi connectivity index (χ0v) is 12.9. The Hall–Kier alpha value is -1.26. The number of hydrogen-bond acceptors (Lipinski definition) is 1. The number of hydrogen-bond donors (Lipinski definition) is 0. The van der Waals surface area contributed by atoms with Crippen molar-refractivity contribution in [2.45, 2.75) is 13.3 Å². The van der Waals surface area contributed by atoms with E-state index in [0.717, 1.165) is 11.6 Å². The molecular formula is C15H10BrClF2O. The number of benzene rings is 2. The number of ketones is 1. The Morgan fingerprint density at radius 3 is 2.65 bits per heavy atom. The minimum Gasteiger partial charge on any atom is -0.294 e. The number of aryl methyl sites for hydroxylation is 1. The highest BCUT2D eigenvalue weighted by molar-refractivity contribution is 9.10. The van der Waals surface area contributed by atoms with Crippen molar-refractivity contribution in [3.63, 3.8) is 0 Å². The number of carbonyl (C=O) groups is 1. The summed E-state index contributed by atoms with van der Waals surface area (Å²) in [7, 11) is 0. The third-order valence-corrected chi connectivity index (χ3v) is 4.08. The summed E-state index contributed by atoms with van der Waals surface area (Å²) in [5.74, 6) is -1.93. The topological polar surface area (TPSA) is 17.1 Å². The molecule has 1 nitrogen and oxygen atoms in total. The highest BCUT2D eigenvalue weighted by Gasteiger charge is 2.18. The monoisotopic (exact) mass is 358 g/mol. The summed E-state index contributed by atoms with van der Waals surface area (Å²) in [6.45, 7) is 1.76. The first-order valence-corrected chi connectivity index (χ1v) is 6.99.